The standard InChI is InChI=1S/C13H14N2O3S/c1-4-17-12(16)7-6-18-8-5-13(2,3)11-10(9(7)8)14-15-19-11/h6H,4-5H2,1-3H3. The zero-order valence-electron chi connectivity index (χ0n) is 11.0. The lowest BCUT2D eigenvalue weighted by atomic mass is 9.79. The molecule has 19 heavy (non-hydrogen) atoms. The Hall–Kier alpha value is -1.69. The molecular formula is C13H14N2O3S. The second kappa shape index (κ2) is 4.16. The maximum Gasteiger partial charge on any atom is 0.342 e. The number of carbonyl (C=O) groups is 1. The van der Waals surface area contributed by atoms with Crippen molar-refractivity contribution in [2.45, 2.75) is 32.6 Å². The summed E-state index contributed by atoms with van der Waals surface area (Å²) in [5.41, 5.74) is 1.89. The van der Waals surface area contributed by atoms with Gasteiger partial charge in [-0.15, -0.1) is 5.10 Å². The van der Waals surface area contributed by atoms with Crippen molar-refractivity contribution in [1.82, 2.24) is 9.59 Å². The van der Waals surface area contributed by atoms with Gasteiger partial charge in [0.25, 0.3) is 0 Å². The molecule has 0 bridgehead atoms. The summed E-state index contributed by atoms with van der Waals surface area (Å²) in [6.07, 6.45) is 2.20. The van der Waals surface area contributed by atoms with Crippen LogP contribution in [0, 0.1) is 0 Å². The van der Waals surface area contributed by atoms with Gasteiger partial charge in [-0.2, -0.15) is 0 Å². The molecular weight excluding hydrogens is 264 g/mol. The van der Waals surface area contributed by atoms with Crippen molar-refractivity contribution in [3.63, 3.8) is 0 Å². The SMILES string of the molecule is CCOC(=O)c1coc2c1-c1nnsc1C(C)(C)C2. The fourth-order valence-electron chi connectivity index (χ4n) is 2.43. The van der Waals surface area contributed by atoms with E-state index in [0.717, 1.165) is 28.3 Å². The lowest BCUT2D eigenvalue weighted by molar-refractivity contribution is 0.0526. The summed E-state index contributed by atoms with van der Waals surface area (Å²) in [5.74, 6) is 0.416. The number of hydrogen-bond acceptors (Lipinski definition) is 6. The van der Waals surface area contributed by atoms with Crippen LogP contribution >= 0.6 is 11.5 Å². The van der Waals surface area contributed by atoms with Crippen LogP contribution in [0.5, 0.6) is 0 Å². The highest BCUT2D eigenvalue weighted by molar-refractivity contribution is 7.06. The Labute approximate surface area is 114 Å². The number of nitrogens with zero attached hydrogens (tertiary/aromatic N) is 2. The zero-order chi connectivity index (χ0) is 13.6. The Balaban J connectivity index is 2.16. The van der Waals surface area contributed by atoms with Crippen LogP contribution in [0.2, 0.25) is 0 Å². The predicted octanol–water partition coefficient (Wildman–Crippen LogP) is 2.81. The van der Waals surface area contributed by atoms with Gasteiger partial charge >= 0.3 is 5.97 Å². The minimum absolute atomic E-state index is 0.0692. The average molecular weight is 278 g/mol. The molecule has 2 aromatic heterocycles. The summed E-state index contributed by atoms with van der Waals surface area (Å²) < 4.78 is 14.6. The van der Waals surface area contributed by atoms with E-state index in [1.165, 1.54) is 17.8 Å². The van der Waals surface area contributed by atoms with E-state index < -0.39 is 0 Å². The third-order valence-electron chi connectivity index (χ3n) is 3.30. The molecule has 0 saturated heterocycles. The number of esters is 1. The Bertz CT molecular complexity index is 642. The number of furan rings is 1. The quantitative estimate of drug-likeness (QED) is 0.790. The summed E-state index contributed by atoms with van der Waals surface area (Å²) in [5, 5.41) is 4.17. The molecule has 0 fully saturated rings. The fraction of sp³-hybridized carbons (Fsp3) is 0.462. The molecule has 0 spiro atoms. The van der Waals surface area contributed by atoms with E-state index >= 15 is 0 Å². The molecule has 2 heterocycles. The molecule has 6 heteroatoms. The first kappa shape index (κ1) is 12.3. The van der Waals surface area contributed by atoms with Crippen molar-refractivity contribution in [1.29, 1.82) is 0 Å². The lowest BCUT2D eigenvalue weighted by Gasteiger charge is -2.26. The van der Waals surface area contributed by atoms with E-state index in [-0.39, 0.29) is 11.4 Å². The molecule has 0 aliphatic heterocycles. The number of rotatable bonds is 2. The van der Waals surface area contributed by atoms with Crippen molar-refractivity contribution in [2.24, 2.45) is 0 Å². The predicted molar refractivity (Wildman–Crippen MR) is 70.3 cm³/mol. The normalized spacial score (nSPS) is 15.7. The third kappa shape index (κ3) is 1.78. The zero-order valence-corrected chi connectivity index (χ0v) is 11.8. The monoisotopic (exact) mass is 278 g/mol. The summed E-state index contributed by atoms with van der Waals surface area (Å²) in [6, 6.07) is 0. The first-order valence-corrected chi connectivity index (χ1v) is 6.92. The van der Waals surface area contributed by atoms with Crippen molar-refractivity contribution >= 4 is 17.5 Å². The van der Waals surface area contributed by atoms with Gasteiger partial charge in [-0.05, 0) is 18.5 Å². The molecule has 1 aliphatic rings. The van der Waals surface area contributed by atoms with E-state index in [1.807, 2.05) is 0 Å². The smallest absolute Gasteiger partial charge is 0.342 e. The van der Waals surface area contributed by atoms with Gasteiger partial charge in [0.1, 0.15) is 23.3 Å². The molecule has 0 saturated carbocycles. The van der Waals surface area contributed by atoms with Crippen LogP contribution in [-0.2, 0) is 16.6 Å². The van der Waals surface area contributed by atoms with Gasteiger partial charge in [0.2, 0.25) is 0 Å². The van der Waals surface area contributed by atoms with Crippen LogP contribution < -0.4 is 0 Å². The molecule has 3 rings (SSSR count). The lowest BCUT2D eigenvalue weighted by Crippen LogP contribution is -2.24. The first-order chi connectivity index (χ1) is 9.04. The van der Waals surface area contributed by atoms with E-state index in [0.29, 0.717) is 12.2 Å². The molecule has 0 radical (unpaired) electrons. The van der Waals surface area contributed by atoms with E-state index in [1.54, 1.807) is 6.92 Å². The molecule has 0 N–H and O–H groups in total. The van der Waals surface area contributed by atoms with Gasteiger partial charge in [-0.3, -0.25) is 0 Å². The molecule has 100 valence electrons. The molecule has 1 aliphatic carbocycles. The maximum absolute atomic E-state index is 11.9. The minimum Gasteiger partial charge on any atom is -0.468 e. The van der Waals surface area contributed by atoms with Gasteiger partial charge in [0, 0.05) is 11.8 Å². The van der Waals surface area contributed by atoms with Crippen molar-refractivity contribution in [3.05, 3.63) is 22.5 Å². The Morgan fingerprint density at radius 2 is 2.37 bits per heavy atom. The molecule has 2 aromatic rings. The largest absolute Gasteiger partial charge is 0.468 e. The number of ether oxygens (including phenoxy) is 1. The van der Waals surface area contributed by atoms with E-state index in [9.17, 15) is 4.79 Å². The topological polar surface area (TPSA) is 65.2 Å². The molecule has 0 amide bonds. The summed E-state index contributed by atoms with van der Waals surface area (Å²) in [7, 11) is 0. The number of aromatic nitrogens is 2. The molecule has 0 unspecified atom stereocenters. The average Bonchev–Trinajstić information content (AvgIpc) is 2.93. The van der Waals surface area contributed by atoms with Crippen LogP contribution in [-0.4, -0.2) is 22.2 Å². The second-order valence-corrected chi connectivity index (χ2v) is 5.93. The van der Waals surface area contributed by atoms with Gasteiger partial charge in [0.05, 0.1) is 17.0 Å². The van der Waals surface area contributed by atoms with Crippen LogP contribution in [0.1, 0.15) is 41.8 Å². The Morgan fingerprint density at radius 3 is 3.11 bits per heavy atom. The highest BCUT2D eigenvalue weighted by atomic mass is 32.1. The maximum atomic E-state index is 11.9. The summed E-state index contributed by atoms with van der Waals surface area (Å²) in [6.45, 7) is 6.37. The van der Waals surface area contributed by atoms with Gasteiger partial charge in [0.15, 0.2) is 0 Å². The van der Waals surface area contributed by atoms with Crippen molar-refractivity contribution < 1.29 is 13.9 Å². The number of carbonyl (C=O) groups excluding carboxylic acids is 1. The van der Waals surface area contributed by atoms with Crippen molar-refractivity contribution in [3.8, 4) is 11.3 Å². The minimum atomic E-state index is -0.369. The summed E-state index contributed by atoms with van der Waals surface area (Å²) in [4.78, 5) is 13.0. The molecule has 0 atom stereocenters. The van der Waals surface area contributed by atoms with Crippen LogP contribution in [0.25, 0.3) is 11.3 Å². The number of hydrogen-bond donors (Lipinski definition) is 0. The molecule has 5 nitrogen and oxygen atoms in total. The Morgan fingerprint density at radius 1 is 1.58 bits per heavy atom. The second-order valence-electron chi connectivity index (χ2n) is 5.18. The highest BCUT2D eigenvalue weighted by Crippen LogP contribution is 2.45. The fourth-order valence-corrected chi connectivity index (χ4v) is 3.18. The van der Waals surface area contributed by atoms with Gasteiger partial charge in [-0.25, -0.2) is 4.79 Å². The third-order valence-corrected chi connectivity index (χ3v) is 4.40. The van der Waals surface area contributed by atoms with E-state index in [2.05, 4.69) is 23.4 Å². The molecule has 0 aromatic carbocycles. The van der Waals surface area contributed by atoms with E-state index in [4.69, 9.17) is 9.15 Å². The summed E-state index contributed by atoms with van der Waals surface area (Å²) >= 11 is 1.38. The van der Waals surface area contributed by atoms with Crippen LogP contribution in [0.15, 0.2) is 10.7 Å². The van der Waals surface area contributed by atoms with Gasteiger partial charge in [-0.1, -0.05) is 18.3 Å². The van der Waals surface area contributed by atoms with Gasteiger partial charge < -0.3 is 9.15 Å². The van der Waals surface area contributed by atoms with Crippen LogP contribution in [0.3, 0.4) is 0 Å². The first-order valence-electron chi connectivity index (χ1n) is 6.15. The Kier molecular flexibility index (Phi) is 2.70. The van der Waals surface area contributed by atoms with Crippen LogP contribution in [0.4, 0.5) is 0 Å². The number of fused-ring (bicyclic) bond motifs is 3. The van der Waals surface area contributed by atoms with Crippen molar-refractivity contribution in [2.75, 3.05) is 6.61 Å². The highest BCUT2D eigenvalue weighted by Gasteiger charge is 2.39.